The lowest BCUT2D eigenvalue weighted by Gasteiger charge is -2.21. The molecular formula is C17H18N4O3. The number of hydrogen-bond acceptors (Lipinski definition) is 4. The maximum absolute atomic E-state index is 12.7. The van der Waals surface area contributed by atoms with Crippen LogP contribution in [0.15, 0.2) is 47.7 Å². The van der Waals surface area contributed by atoms with Crippen molar-refractivity contribution in [2.75, 3.05) is 7.11 Å². The van der Waals surface area contributed by atoms with Crippen LogP contribution in [0.5, 0.6) is 5.75 Å². The van der Waals surface area contributed by atoms with Gasteiger partial charge in [0.2, 0.25) is 0 Å². The summed E-state index contributed by atoms with van der Waals surface area (Å²) in [6, 6.07) is 10.1. The number of aromatic nitrogens is 1. The Bertz CT molecular complexity index is 809. The van der Waals surface area contributed by atoms with Gasteiger partial charge in [-0.1, -0.05) is 12.1 Å². The molecule has 0 saturated carbocycles. The number of imide groups is 1. The van der Waals surface area contributed by atoms with Crippen molar-refractivity contribution < 1.29 is 14.3 Å². The van der Waals surface area contributed by atoms with Gasteiger partial charge in [-0.25, -0.2) is 4.79 Å². The average Bonchev–Trinajstić information content (AvgIpc) is 3.08. The quantitative estimate of drug-likeness (QED) is 0.688. The first-order valence-corrected chi connectivity index (χ1v) is 7.42. The van der Waals surface area contributed by atoms with Crippen molar-refractivity contribution in [3.05, 3.63) is 53.9 Å². The summed E-state index contributed by atoms with van der Waals surface area (Å²) < 4.78 is 6.95. The molecule has 1 N–H and O–H groups in total. The number of carbonyl (C=O) groups excluding carboxylic acids is 2. The van der Waals surface area contributed by atoms with E-state index < -0.39 is 17.5 Å². The number of aryl methyl sites for hydroxylation is 1. The molecule has 1 fully saturated rings. The minimum atomic E-state index is -1.16. The van der Waals surface area contributed by atoms with E-state index in [1.54, 1.807) is 38.3 Å². The molecule has 24 heavy (non-hydrogen) atoms. The first-order valence-electron chi connectivity index (χ1n) is 7.42. The second-order valence-electron chi connectivity index (χ2n) is 5.69. The molecule has 3 rings (SSSR count). The number of rotatable bonds is 4. The molecular weight excluding hydrogens is 308 g/mol. The third-order valence-corrected chi connectivity index (χ3v) is 4.13. The molecule has 1 aromatic heterocycles. The van der Waals surface area contributed by atoms with E-state index in [2.05, 4.69) is 10.4 Å². The van der Waals surface area contributed by atoms with Crippen molar-refractivity contribution in [2.24, 2.45) is 12.1 Å². The number of benzene rings is 1. The van der Waals surface area contributed by atoms with Gasteiger partial charge in [-0.15, -0.1) is 5.01 Å². The summed E-state index contributed by atoms with van der Waals surface area (Å²) in [6.07, 6.45) is 3.34. The topological polar surface area (TPSA) is 75.9 Å². The van der Waals surface area contributed by atoms with Gasteiger partial charge in [-0.05, 0) is 36.8 Å². The second-order valence-corrected chi connectivity index (χ2v) is 5.69. The zero-order valence-corrected chi connectivity index (χ0v) is 13.7. The highest BCUT2D eigenvalue weighted by Gasteiger charge is 2.49. The third-order valence-electron chi connectivity index (χ3n) is 4.13. The summed E-state index contributed by atoms with van der Waals surface area (Å²) in [5, 5.41) is 7.61. The van der Waals surface area contributed by atoms with Crippen molar-refractivity contribution in [3.63, 3.8) is 0 Å². The predicted molar refractivity (Wildman–Crippen MR) is 88.7 cm³/mol. The number of urea groups is 1. The highest BCUT2D eigenvalue weighted by Crippen LogP contribution is 2.30. The van der Waals surface area contributed by atoms with E-state index in [4.69, 9.17) is 4.74 Å². The summed E-state index contributed by atoms with van der Waals surface area (Å²) >= 11 is 0. The number of ether oxygens (including phenoxy) is 1. The molecule has 1 aliphatic heterocycles. The van der Waals surface area contributed by atoms with E-state index in [9.17, 15) is 9.59 Å². The minimum Gasteiger partial charge on any atom is -0.497 e. The number of carbonyl (C=O) groups is 2. The van der Waals surface area contributed by atoms with E-state index in [-0.39, 0.29) is 0 Å². The van der Waals surface area contributed by atoms with Gasteiger partial charge in [0.1, 0.15) is 11.3 Å². The van der Waals surface area contributed by atoms with Gasteiger partial charge < -0.3 is 14.6 Å². The molecule has 2 aromatic rings. The van der Waals surface area contributed by atoms with Crippen molar-refractivity contribution in [2.45, 2.75) is 12.5 Å². The van der Waals surface area contributed by atoms with E-state index in [1.165, 1.54) is 6.21 Å². The Morgan fingerprint density at radius 3 is 2.50 bits per heavy atom. The molecule has 1 atom stereocenters. The number of hydrogen-bond donors (Lipinski definition) is 1. The number of nitrogens with one attached hydrogen (secondary N) is 1. The second kappa shape index (κ2) is 5.84. The molecule has 124 valence electrons. The fourth-order valence-electron chi connectivity index (χ4n) is 2.57. The number of hydrazone groups is 1. The van der Waals surface area contributed by atoms with Gasteiger partial charge in [-0.2, -0.15) is 5.10 Å². The van der Waals surface area contributed by atoms with E-state index in [0.29, 0.717) is 11.3 Å². The van der Waals surface area contributed by atoms with E-state index in [1.807, 2.05) is 29.9 Å². The van der Waals surface area contributed by atoms with Gasteiger partial charge >= 0.3 is 6.03 Å². The Labute approximate surface area is 139 Å². The Morgan fingerprint density at radius 2 is 1.92 bits per heavy atom. The summed E-state index contributed by atoms with van der Waals surface area (Å²) in [4.78, 5) is 24.9. The fraction of sp³-hybridized carbons (Fsp3) is 0.235. The lowest BCUT2D eigenvalue weighted by atomic mass is 9.92. The Balaban J connectivity index is 1.87. The van der Waals surface area contributed by atoms with Crippen molar-refractivity contribution in [1.29, 1.82) is 0 Å². The summed E-state index contributed by atoms with van der Waals surface area (Å²) in [6.45, 7) is 1.66. The van der Waals surface area contributed by atoms with Crippen molar-refractivity contribution in [1.82, 2.24) is 14.9 Å². The molecule has 7 heteroatoms. The van der Waals surface area contributed by atoms with Crippen molar-refractivity contribution >= 4 is 18.2 Å². The summed E-state index contributed by atoms with van der Waals surface area (Å²) in [5.41, 5.74) is 0.293. The van der Waals surface area contributed by atoms with Crippen LogP contribution in [0.3, 0.4) is 0 Å². The minimum absolute atomic E-state index is 0.428. The van der Waals surface area contributed by atoms with Crippen molar-refractivity contribution in [3.8, 4) is 5.75 Å². The molecule has 1 aromatic carbocycles. The number of methoxy groups -OCH3 is 1. The van der Waals surface area contributed by atoms with Crippen LogP contribution in [0.25, 0.3) is 0 Å². The van der Waals surface area contributed by atoms with E-state index >= 15 is 0 Å². The molecule has 3 amide bonds. The highest BCUT2D eigenvalue weighted by molar-refractivity contribution is 6.07. The molecule has 1 saturated heterocycles. The Kier molecular flexibility index (Phi) is 3.84. The van der Waals surface area contributed by atoms with Crippen LogP contribution >= 0.6 is 0 Å². The van der Waals surface area contributed by atoms with Crippen LogP contribution in [0.2, 0.25) is 0 Å². The highest BCUT2D eigenvalue weighted by atomic mass is 16.5. The van der Waals surface area contributed by atoms with Gasteiger partial charge in [0.05, 0.1) is 19.0 Å². The zero-order chi connectivity index (χ0) is 17.3. The van der Waals surface area contributed by atoms with Crippen LogP contribution in [0.1, 0.15) is 18.2 Å². The summed E-state index contributed by atoms with van der Waals surface area (Å²) in [7, 11) is 3.42. The molecule has 1 unspecified atom stereocenters. The summed E-state index contributed by atoms with van der Waals surface area (Å²) in [5.74, 6) is 0.251. The maximum Gasteiger partial charge on any atom is 0.346 e. The van der Waals surface area contributed by atoms with Gasteiger partial charge in [0, 0.05) is 13.2 Å². The molecule has 0 bridgehead atoms. The predicted octanol–water partition coefficient (Wildman–Crippen LogP) is 1.83. The zero-order valence-electron chi connectivity index (χ0n) is 13.7. The normalized spacial score (nSPS) is 20.7. The smallest absolute Gasteiger partial charge is 0.346 e. The fourth-order valence-corrected chi connectivity index (χ4v) is 2.57. The number of amides is 3. The van der Waals surface area contributed by atoms with Crippen LogP contribution < -0.4 is 10.1 Å². The van der Waals surface area contributed by atoms with Gasteiger partial charge in [0.15, 0.2) is 0 Å². The molecule has 0 spiro atoms. The SMILES string of the molecule is COc1ccc(C2(C)NC(=O)N(/N=C/c3cccn3C)C2=O)cc1. The van der Waals surface area contributed by atoms with E-state index in [0.717, 1.165) is 10.7 Å². The Hall–Kier alpha value is -3.09. The largest absolute Gasteiger partial charge is 0.497 e. The monoisotopic (exact) mass is 326 g/mol. The van der Waals surface area contributed by atoms with Crippen LogP contribution in [0.4, 0.5) is 4.79 Å². The molecule has 2 heterocycles. The van der Waals surface area contributed by atoms with Gasteiger partial charge in [-0.3, -0.25) is 4.79 Å². The van der Waals surface area contributed by atoms with Crippen LogP contribution in [0, 0.1) is 0 Å². The Morgan fingerprint density at radius 1 is 1.21 bits per heavy atom. The third kappa shape index (κ3) is 2.54. The molecule has 0 aliphatic carbocycles. The van der Waals surface area contributed by atoms with Crippen LogP contribution in [-0.4, -0.2) is 34.8 Å². The molecule has 7 nitrogen and oxygen atoms in total. The number of nitrogens with zero attached hydrogens (tertiary/aromatic N) is 3. The molecule has 0 radical (unpaired) electrons. The van der Waals surface area contributed by atoms with Crippen LogP contribution in [-0.2, 0) is 17.4 Å². The first kappa shape index (κ1) is 15.8. The first-order chi connectivity index (χ1) is 11.5. The standard InChI is InChI=1S/C17H18N4O3/c1-17(12-6-8-14(24-3)9-7-12)15(22)21(16(23)19-17)18-11-13-5-4-10-20(13)2/h4-11H,1-3H3,(H,19,23)/b18-11+. The average molecular weight is 326 g/mol. The lowest BCUT2D eigenvalue weighted by Crippen LogP contribution is -2.40. The maximum atomic E-state index is 12.7. The van der Waals surface area contributed by atoms with Gasteiger partial charge in [0.25, 0.3) is 5.91 Å². The molecule has 1 aliphatic rings. The lowest BCUT2D eigenvalue weighted by molar-refractivity contribution is -0.131.